The molecular formula is C8H8ClN5O3. The monoisotopic (exact) mass is 257 g/mol. The molecule has 1 saturated heterocycles. The quantitative estimate of drug-likeness (QED) is 0.439. The highest BCUT2D eigenvalue weighted by Gasteiger charge is 2.29. The minimum Gasteiger partial charge on any atom is -0.372 e. The molecule has 1 fully saturated rings. The summed E-state index contributed by atoms with van der Waals surface area (Å²) in [5, 5.41) is 24.8. The first-order valence-corrected chi connectivity index (χ1v) is 5.01. The van der Waals surface area contributed by atoms with E-state index in [0.29, 0.717) is 10.8 Å². The van der Waals surface area contributed by atoms with Gasteiger partial charge in [0.25, 0.3) is 5.96 Å². The number of halogens is 1. The Morgan fingerprint density at radius 1 is 1.71 bits per heavy atom. The van der Waals surface area contributed by atoms with Gasteiger partial charge in [-0.25, -0.2) is 15.1 Å². The number of hydrogen-bond donors (Lipinski definition) is 2. The van der Waals surface area contributed by atoms with Crippen LogP contribution in [-0.4, -0.2) is 33.9 Å². The van der Waals surface area contributed by atoms with Crippen molar-refractivity contribution in [1.29, 1.82) is 0 Å². The van der Waals surface area contributed by atoms with Crippen molar-refractivity contribution in [2.24, 2.45) is 5.10 Å². The lowest BCUT2D eigenvalue weighted by Crippen LogP contribution is -2.31. The molecule has 1 unspecified atom stereocenters. The topological polar surface area (TPSA) is 104 Å². The minimum atomic E-state index is -0.913. The molecule has 1 aliphatic heterocycles. The number of aromatic nitrogens is 1. The second-order valence-corrected chi connectivity index (χ2v) is 3.66. The van der Waals surface area contributed by atoms with E-state index in [4.69, 9.17) is 11.6 Å². The number of rotatable bonds is 2. The van der Waals surface area contributed by atoms with Gasteiger partial charge < -0.3 is 15.3 Å². The van der Waals surface area contributed by atoms with Gasteiger partial charge in [0.2, 0.25) is 0 Å². The minimum absolute atomic E-state index is 0.0355. The zero-order valence-corrected chi connectivity index (χ0v) is 9.20. The van der Waals surface area contributed by atoms with Gasteiger partial charge in [0.05, 0.1) is 18.4 Å². The second-order valence-electron chi connectivity index (χ2n) is 3.27. The normalized spacial score (nSPS) is 21.6. The van der Waals surface area contributed by atoms with Crippen molar-refractivity contribution >= 4 is 23.2 Å². The molecule has 0 spiro atoms. The van der Waals surface area contributed by atoms with Crippen molar-refractivity contribution in [1.82, 2.24) is 10.3 Å². The number of hydrogen-bond acceptors (Lipinski definition) is 4. The van der Waals surface area contributed by atoms with E-state index in [0.717, 1.165) is 0 Å². The number of nitrogens with one attached hydrogen (secondary N) is 1. The molecule has 1 aromatic heterocycles. The molecule has 0 aliphatic carbocycles. The van der Waals surface area contributed by atoms with Crippen molar-refractivity contribution in [3.63, 3.8) is 0 Å². The highest BCUT2D eigenvalue weighted by atomic mass is 35.5. The summed E-state index contributed by atoms with van der Waals surface area (Å²) in [5.74, 6) is -0.0355. The van der Waals surface area contributed by atoms with Gasteiger partial charge in [-0.1, -0.05) is 11.6 Å². The van der Waals surface area contributed by atoms with Gasteiger partial charge in [-0.2, -0.15) is 0 Å². The van der Waals surface area contributed by atoms with Crippen LogP contribution in [0.15, 0.2) is 23.4 Å². The van der Waals surface area contributed by atoms with Crippen molar-refractivity contribution in [3.05, 3.63) is 33.6 Å². The second kappa shape index (κ2) is 4.52. The van der Waals surface area contributed by atoms with Crippen LogP contribution in [0, 0.1) is 10.1 Å². The van der Waals surface area contributed by atoms with E-state index < -0.39 is 11.3 Å². The number of aliphatic hydroxyl groups is 1. The smallest absolute Gasteiger partial charge is 0.278 e. The number of anilines is 1. The molecule has 0 aromatic carbocycles. The number of pyridine rings is 1. The molecule has 0 amide bonds. The van der Waals surface area contributed by atoms with Gasteiger partial charge in [-0.15, -0.1) is 0 Å². The van der Waals surface area contributed by atoms with Gasteiger partial charge in [-0.3, -0.25) is 0 Å². The number of guanidine groups is 1. The average molecular weight is 258 g/mol. The SMILES string of the molecule is O=[N+]([O-])/N=C1\NC(O)CN1c1ccc(Cl)nc1. The molecule has 0 radical (unpaired) electrons. The van der Waals surface area contributed by atoms with E-state index in [1.54, 1.807) is 12.1 Å². The Bertz CT molecular complexity index is 463. The molecule has 2 rings (SSSR count). The predicted molar refractivity (Wildman–Crippen MR) is 60.2 cm³/mol. The molecule has 1 atom stereocenters. The third-order valence-corrected chi connectivity index (χ3v) is 2.33. The van der Waals surface area contributed by atoms with Crippen LogP contribution in [0.1, 0.15) is 0 Å². The standard InChI is InChI=1S/C8H8ClN5O3/c9-6-2-1-5(3-10-6)13-4-7(15)11-8(13)12-14(16)17/h1-3,7,15H,4H2,(H,11,12). The Balaban J connectivity index is 2.30. The third-order valence-electron chi connectivity index (χ3n) is 2.11. The van der Waals surface area contributed by atoms with Crippen molar-refractivity contribution in [3.8, 4) is 0 Å². The summed E-state index contributed by atoms with van der Waals surface area (Å²) in [5.41, 5.74) is 0.555. The van der Waals surface area contributed by atoms with Crippen molar-refractivity contribution < 1.29 is 10.1 Å². The lowest BCUT2D eigenvalue weighted by atomic mass is 10.4. The van der Waals surface area contributed by atoms with E-state index in [1.165, 1.54) is 11.1 Å². The molecule has 1 aliphatic rings. The maximum Gasteiger partial charge on any atom is 0.278 e. The fourth-order valence-corrected chi connectivity index (χ4v) is 1.56. The summed E-state index contributed by atoms with van der Waals surface area (Å²) in [4.78, 5) is 15.6. The van der Waals surface area contributed by atoms with Crippen molar-refractivity contribution in [2.75, 3.05) is 11.4 Å². The Morgan fingerprint density at radius 3 is 3.06 bits per heavy atom. The molecule has 0 bridgehead atoms. The van der Waals surface area contributed by atoms with Crippen LogP contribution in [0.5, 0.6) is 0 Å². The van der Waals surface area contributed by atoms with Crippen LogP contribution in [-0.2, 0) is 0 Å². The van der Waals surface area contributed by atoms with Crippen LogP contribution in [0.2, 0.25) is 5.15 Å². The lowest BCUT2D eigenvalue weighted by Gasteiger charge is -2.14. The summed E-state index contributed by atoms with van der Waals surface area (Å²) in [7, 11) is 0. The van der Waals surface area contributed by atoms with Crippen LogP contribution in [0.4, 0.5) is 5.69 Å². The molecule has 1 aromatic rings. The highest BCUT2D eigenvalue weighted by Crippen LogP contribution is 2.18. The Kier molecular flexibility index (Phi) is 3.07. The van der Waals surface area contributed by atoms with Crippen LogP contribution < -0.4 is 10.2 Å². The number of nitro groups is 1. The van der Waals surface area contributed by atoms with Gasteiger partial charge >= 0.3 is 0 Å². The average Bonchev–Trinajstić information content (AvgIpc) is 2.59. The Hall–Kier alpha value is -1.93. The van der Waals surface area contributed by atoms with E-state index in [9.17, 15) is 15.2 Å². The zero-order chi connectivity index (χ0) is 12.4. The maximum atomic E-state index is 10.3. The first-order chi connectivity index (χ1) is 8.06. The highest BCUT2D eigenvalue weighted by molar-refractivity contribution is 6.29. The third kappa shape index (κ3) is 2.60. The van der Waals surface area contributed by atoms with Gasteiger partial charge in [0, 0.05) is 0 Å². The molecule has 0 saturated carbocycles. The van der Waals surface area contributed by atoms with E-state index in [2.05, 4.69) is 15.4 Å². The fourth-order valence-electron chi connectivity index (χ4n) is 1.45. The lowest BCUT2D eigenvalue weighted by molar-refractivity contribution is -0.485. The molecule has 8 nitrogen and oxygen atoms in total. The number of nitrogens with zero attached hydrogens (tertiary/aromatic N) is 4. The largest absolute Gasteiger partial charge is 0.372 e. The number of β-amino-alcohol motifs (C(OH)–C–C–N with tert-alkyl or cyclic N) is 1. The van der Waals surface area contributed by atoms with E-state index >= 15 is 0 Å². The van der Waals surface area contributed by atoms with Crippen LogP contribution in [0.25, 0.3) is 0 Å². The maximum absolute atomic E-state index is 10.3. The van der Waals surface area contributed by atoms with Crippen molar-refractivity contribution in [2.45, 2.75) is 6.23 Å². The number of hydrazone groups is 1. The fraction of sp³-hybridized carbons (Fsp3) is 0.250. The Labute approximate surface area is 101 Å². The van der Waals surface area contributed by atoms with Crippen LogP contribution in [0.3, 0.4) is 0 Å². The first-order valence-electron chi connectivity index (χ1n) is 4.63. The summed E-state index contributed by atoms with van der Waals surface area (Å²) >= 11 is 5.63. The molecule has 2 heterocycles. The summed E-state index contributed by atoms with van der Waals surface area (Å²) < 4.78 is 0. The van der Waals surface area contributed by atoms with Crippen LogP contribution >= 0.6 is 11.6 Å². The molecule has 2 N–H and O–H groups in total. The van der Waals surface area contributed by atoms with E-state index in [-0.39, 0.29) is 12.5 Å². The van der Waals surface area contributed by atoms with Gasteiger partial charge in [0.15, 0.2) is 5.03 Å². The summed E-state index contributed by atoms with van der Waals surface area (Å²) in [6.07, 6.45) is 0.529. The summed E-state index contributed by atoms with van der Waals surface area (Å²) in [6.45, 7) is 0.149. The molecule has 90 valence electrons. The summed E-state index contributed by atoms with van der Waals surface area (Å²) in [6, 6.07) is 3.18. The Morgan fingerprint density at radius 2 is 2.47 bits per heavy atom. The van der Waals surface area contributed by atoms with Gasteiger partial charge in [0.1, 0.15) is 16.5 Å². The number of aliphatic hydroxyl groups excluding tert-OH is 1. The first kappa shape index (κ1) is 11.6. The zero-order valence-electron chi connectivity index (χ0n) is 8.45. The molecule has 17 heavy (non-hydrogen) atoms. The predicted octanol–water partition coefficient (Wildman–Crippen LogP) is 0.0107. The van der Waals surface area contributed by atoms with Gasteiger partial charge in [-0.05, 0) is 12.1 Å². The molecular weight excluding hydrogens is 250 g/mol. The van der Waals surface area contributed by atoms with E-state index in [1.807, 2.05) is 0 Å². The molecule has 9 heteroatoms.